The first-order chi connectivity index (χ1) is 30.6. The molecule has 0 bridgehead atoms. The number of nitrogens with one attached hydrogen (secondary N) is 1. The first-order valence-corrected chi connectivity index (χ1v) is 23.0. The number of carbonyl (C=O) groups is 5. The first-order valence-electron chi connectivity index (χ1n) is 22.6. The van der Waals surface area contributed by atoms with Crippen LogP contribution in [0, 0.1) is 45.3 Å². The minimum Gasteiger partial charge on any atom is -0.489 e. The molecule has 330 valence electrons. The molecule has 2 aliphatic carbocycles. The Labute approximate surface area is 378 Å². The topological polar surface area (TPSA) is 156 Å². The Morgan fingerprint density at radius 1 is 0.828 bits per heavy atom. The summed E-state index contributed by atoms with van der Waals surface area (Å²) < 4.78 is 6.48. The molecule has 1 unspecified atom stereocenters. The van der Waals surface area contributed by atoms with Crippen LogP contribution in [-0.4, -0.2) is 99.6 Å². The Balaban J connectivity index is 0.697. The second kappa shape index (κ2) is 15.5. The fraction of sp³-hybridized carbons (Fsp3) is 0.500. The van der Waals surface area contributed by atoms with Crippen LogP contribution in [0.1, 0.15) is 127 Å². The smallest absolute Gasteiger partial charge is 0.262 e. The van der Waals surface area contributed by atoms with Gasteiger partial charge in [0.1, 0.15) is 29.7 Å². The third-order valence-corrected chi connectivity index (χ3v) is 15.8. The highest BCUT2D eigenvalue weighted by atomic mass is 35.5. The molecule has 10 rings (SSSR count). The van der Waals surface area contributed by atoms with E-state index in [0.717, 1.165) is 81.0 Å². The van der Waals surface area contributed by atoms with Crippen LogP contribution >= 0.6 is 11.6 Å². The number of nitrogens with zero attached hydrogens (tertiary/aromatic N) is 6. The van der Waals surface area contributed by atoms with Gasteiger partial charge in [-0.3, -0.25) is 39.1 Å². The molecule has 14 heteroatoms. The zero-order chi connectivity index (χ0) is 44.9. The standard InChI is InChI=1S/C50H52ClN7O6/c1-48(2)46(49(3,4)47(48)64-34-14-8-30(25-52)38(51)24-34)57-26-39-36(43(57)61)15-10-31(53-39)9-5-29-6-11-32(12-7-29)56-27-50(28-56)19-21-55(22-20-50)33-13-16-35-37(23-33)45(63)58(44(35)62)40-17-18-41(59)54-42(40)60/h8,10,13-16,23-24,29,32,40,46-47H,6-7,11-12,17-22,26-28H2,1-4H3,(H,54,59,60)/t29?,32?,40?,46-,47-. The number of anilines is 1. The van der Waals surface area contributed by atoms with E-state index in [1.54, 1.807) is 30.3 Å². The van der Waals surface area contributed by atoms with Crippen molar-refractivity contribution in [3.8, 4) is 23.7 Å². The summed E-state index contributed by atoms with van der Waals surface area (Å²) in [6.07, 6.45) is 6.52. The van der Waals surface area contributed by atoms with E-state index >= 15 is 0 Å². The van der Waals surface area contributed by atoms with E-state index in [1.165, 1.54) is 0 Å². The molecule has 3 saturated heterocycles. The number of carbonyl (C=O) groups excluding carboxylic acids is 5. The molecule has 2 saturated carbocycles. The van der Waals surface area contributed by atoms with E-state index in [1.807, 2.05) is 23.1 Å². The van der Waals surface area contributed by atoms with E-state index in [-0.39, 0.29) is 47.6 Å². The molecule has 2 aromatic carbocycles. The number of likely N-dealkylation sites (tertiary alicyclic amines) is 1. The second-order valence-corrected chi connectivity index (χ2v) is 20.7. The van der Waals surface area contributed by atoms with Crippen molar-refractivity contribution in [3.05, 3.63) is 87.2 Å². The number of benzene rings is 2. The van der Waals surface area contributed by atoms with Crippen LogP contribution in [0.2, 0.25) is 5.02 Å². The summed E-state index contributed by atoms with van der Waals surface area (Å²) in [7, 11) is 0. The number of pyridine rings is 1. The van der Waals surface area contributed by atoms with Gasteiger partial charge in [-0.1, -0.05) is 45.2 Å². The molecule has 1 spiro atoms. The molecule has 6 heterocycles. The summed E-state index contributed by atoms with van der Waals surface area (Å²) in [6, 6.07) is 15.9. The second-order valence-electron chi connectivity index (χ2n) is 20.3. The Hall–Kier alpha value is -5.76. The SMILES string of the molecule is CC1(C)[C@H](Oc2ccc(C#N)c(Cl)c2)C(C)(C)[C@H]1N1Cc2nc(C#CC3CCC(N4CC5(CCN(c6ccc7c(c6)C(=O)N(C6CCC(=O)NC6=O)C7=O)CC5)C4)CC3)ccc2C1=O. The molecular formula is C50H52ClN7O6. The lowest BCUT2D eigenvalue weighted by atomic mass is 9.49. The highest BCUT2D eigenvalue weighted by Gasteiger charge is 2.67. The van der Waals surface area contributed by atoms with Crippen LogP contribution < -0.4 is 15.0 Å². The third-order valence-electron chi connectivity index (χ3n) is 15.5. The van der Waals surface area contributed by atoms with E-state index in [9.17, 15) is 29.2 Å². The van der Waals surface area contributed by atoms with Crippen molar-refractivity contribution < 1.29 is 28.7 Å². The number of hydrogen-bond acceptors (Lipinski definition) is 10. The summed E-state index contributed by atoms with van der Waals surface area (Å²) in [6.45, 7) is 12.9. The number of amides is 5. The van der Waals surface area contributed by atoms with Crippen molar-refractivity contribution in [3.63, 3.8) is 0 Å². The molecular weight excluding hydrogens is 830 g/mol. The van der Waals surface area contributed by atoms with Gasteiger partial charge in [0.2, 0.25) is 11.8 Å². The van der Waals surface area contributed by atoms with Gasteiger partial charge in [0.15, 0.2) is 0 Å². The molecule has 1 aromatic heterocycles. The fourth-order valence-corrected chi connectivity index (χ4v) is 12.8. The van der Waals surface area contributed by atoms with Gasteiger partial charge < -0.3 is 14.5 Å². The summed E-state index contributed by atoms with van der Waals surface area (Å²) in [4.78, 5) is 77.4. The lowest BCUT2D eigenvalue weighted by Crippen LogP contribution is -2.74. The predicted molar refractivity (Wildman–Crippen MR) is 237 cm³/mol. The molecule has 0 radical (unpaired) electrons. The van der Waals surface area contributed by atoms with Crippen molar-refractivity contribution >= 4 is 46.8 Å². The molecule has 5 aliphatic heterocycles. The number of hydrogen-bond donors (Lipinski definition) is 1. The number of piperidine rings is 2. The maximum atomic E-state index is 13.8. The minimum absolute atomic E-state index is 0.0122. The van der Waals surface area contributed by atoms with Crippen LogP contribution in [0.5, 0.6) is 5.75 Å². The van der Waals surface area contributed by atoms with Gasteiger partial charge in [-0.2, -0.15) is 5.26 Å². The van der Waals surface area contributed by atoms with Crippen molar-refractivity contribution in [2.24, 2.45) is 22.2 Å². The predicted octanol–water partition coefficient (Wildman–Crippen LogP) is 6.36. The van der Waals surface area contributed by atoms with Crippen molar-refractivity contribution in [2.75, 3.05) is 31.1 Å². The van der Waals surface area contributed by atoms with Gasteiger partial charge in [-0.25, -0.2) is 4.98 Å². The molecule has 3 aromatic rings. The molecule has 7 aliphatic rings. The molecule has 5 fully saturated rings. The van der Waals surface area contributed by atoms with Gasteiger partial charge in [-0.05, 0) is 98.7 Å². The number of imide groups is 2. The number of nitriles is 1. The van der Waals surface area contributed by atoms with E-state index in [4.69, 9.17) is 21.3 Å². The molecule has 64 heavy (non-hydrogen) atoms. The summed E-state index contributed by atoms with van der Waals surface area (Å²) in [5.74, 6) is 5.85. The van der Waals surface area contributed by atoms with E-state index in [2.05, 4.69) is 60.7 Å². The van der Waals surface area contributed by atoms with E-state index in [0.29, 0.717) is 62.6 Å². The number of halogens is 1. The monoisotopic (exact) mass is 881 g/mol. The zero-order valence-electron chi connectivity index (χ0n) is 36.7. The summed E-state index contributed by atoms with van der Waals surface area (Å²) in [5, 5.41) is 11.9. The Morgan fingerprint density at radius 3 is 2.22 bits per heavy atom. The van der Waals surface area contributed by atoms with E-state index < -0.39 is 23.8 Å². The normalized spacial score (nSPS) is 27.8. The van der Waals surface area contributed by atoms with Crippen LogP contribution in [0.15, 0.2) is 48.5 Å². The number of ether oxygens (including phenoxy) is 1. The average molecular weight is 882 g/mol. The molecule has 1 N–H and O–H groups in total. The zero-order valence-corrected chi connectivity index (χ0v) is 37.5. The fourth-order valence-electron chi connectivity index (χ4n) is 12.5. The lowest BCUT2D eigenvalue weighted by Gasteiger charge is -2.65. The number of rotatable bonds is 6. The number of aromatic nitrogens is 1. The van der Waals surface area contributed by atoms with Gasteiger partial charge in [0.05, 0.1) is 39.5 Å². The highest BCUT2D eigenvalue weighted by molar-refractivity contribution is 6.31. The number of fused-ring (bicyclic) bond motifs is 2. The minimum atomic E-state index is -0.969. The van der Waals surface area contributed by atoms with Gasteiger partial charge in [-0.15, -0.1) is 0 Å². The van der Waals surface area contributed by atoms with Crippen molar-refractivity contribution in [1.29, 1.82) is 5.26 Å². The van der Waals surface area contributed by atoms with Gasteiger partial charge >= 0.3 is 0 Å². The Bertz CT molecular complexity index is 2600. The lowest BCUT2D eigenvalue weighted by molar-refractivity contribution is -0.199. The van der Waals surface area contributed by atoms with Crippen LogP contribution in [0.25, 0.3) is 0 Å². The van der Waals surface area contributed by atoms with Crippen LogP contribution in [0.3, 0.4) is 0 Å². The quantitative estimate of drug-likeness (QED) is 0.219. The first kappa shape index (κ1) is 42.2. The molecule has 1 atom stereocenters. The average Bonchev–Trinajstić information content (AvgIpc) is 3.70. The third kappa shape index (κ3) is 6.94. The van der Waals surface area contributed by atoms with Crippen molar-refractivity contribution in [2.45, 2.75) is 110 Å². The highest BCUT2D eigenvalue weighted by Crippen LogP contribution is 2.59. The maximum absolute atomic E-state index is 13.8. The van der Waals surface area contributed by atoms with Crippen molar-refractivity contribution in [1.82, 2.24) is 25.0 Å². The summed E-state index contributed by atoms with van der Waals surface area (Å²) in [5.41, 5.74) is 3.63. The maximum Gasteiger partial charge on any atom is 0.262 e. The van der Waals surface area contributed by atoms with Crippen LogP contribution in [0.4, 0.5) is 5.69 Å². The van der Waals surface area contributed by atoms with Gasteiger partial charge in [0, 0.05) is 73.2 Å². The molecule has 13 nitrogen and oxygen atoms in total. The molecule has 5 amide bonds. The Morgan fingerprint density at radius 2 is 1.53 bits per heavy atom. The summed E-state index contributed by atoms with van der Waals surface area (Å²) >= 11 is 6.30. The largest absolute Gasteiger partial charge is 0.489 e. The Kier molecular flexibility index (Phi) is 10.2. The van der Waals surface area contributed by atoms with Gasteiger partial charge in [0.25, 0.3) is 17.7 Å². The van der Waals surface area contributed by atoms with Crippen LogP contribution in [-0.2, 0) is 16.1 Å².